The third kappa shape index (κ3) is 3.16. The van der Waals surface area contributed by atoms with Crippen LogP contribution in [0.5, 0.6) is 0 Å². The van der Waals surface area contributed by atoms with E-state index in [1.807, 2.05) is 11.1 Å². The highest BCUT2D eigenvalue weighted by molar-refractivity contribution is 7.91. The molecule has 0 radical (unpaired) electrons. The molecule has 132 valence electrons. The molecular formula is C16H24N4O3S. The molecule has 0 bridgehead atoms. The van der Waals surface area contributed by atoms with E-state index in [0.29, 0.717) is 25.0 Å². The van der Waals surface area contributed by atoms with Gasteiger partial charge in [0, 0.05) is 44.0 Å². The molecule has 1 aromatic heterocycles. The van der Waals surface area contributed by atoms with Crippen LogP contribution >= 0.6 is 0 Å². The minimum absolute atomic E-state index is 0.00812. The third-order valence-corrected chi connectivity index (χ3v) is 7.00. The van der Waals surface area contributed by atoms with E-state index in [1.165, 1.54) is 18.5 Å². The Labute approximate surface area is 142 Å². The van der Waals surface area contributed by atoms with Crippen LogP contribution in [0.3, 0.4) is 0 Å². The van der Waals surface area contributed by atoms with Gasteiger partial charge in [0.1, 0.15) is 0 Å². The summed E-state index contributed by atoms with van der Waals surface area (Å²) >= 11 is 0. The monoisotopic (exact) mass is 352 g/mol. The Bertz CT molecular complexity index is 703. The Balaban J connectivity index is 1.34. The molecule has 3 aliphatic rings. The van der Waals surface area contributed by atoms with Crippen LogP contribution in [-0.2, 0) is 9.84 Å². The van der Waals surface area contributed by atoms with Crippen LogP contribution in [-0.4, -0.2) is 71.7 Å². The Morgan fingerprint density at radius 2 is 1.62 bits per heavy atom. The van der Waals surface area contributed by atoms with Crippen molar-refractivity contribution in [3.8, 4) is 0 Å². The zero-order valence-corrected chi connectivity index (χ0v) is 14.6. The Hall–Kier alpha value is -1.57. The summed E-state index contributed by atoms with van der Waals surface area (Å²) in [5.74, 6) is 0.864. The van der Waals surface area contributed by atoms with E-state index in [9.17, 15) is 13.2 Å². The molecule has 1 saturated carbocycles. The molecule has 2 saturated heterocycles. The molecule has 8 heteroatoms. The fourth-order valence-electron chi connectivity index (χ4n) is 3.74. The molecule has 0 N–H and O–H groups in total. The number of hydrogen-bond donors (Lipinski definition) is 0. The van der Waals surface area contributed by atoms with Gasteiger partial charge in [-0.1, -0.05) is 0 Å². The largest absolute Gasteiger partial charge is 0.324 e. The zero-order chi connectivity index (χ0) is 16.7. The molecule has 0 unspecified atom stereocenters. The van der Waals surface area contributed by atoms with Gasteiger partial charge in [0.2, 0.25) is 0 Å². The van der Waals surface area contributed by atoms with Crippen molar-refractivity contribution in [3.63, 3.8) is 0 Å². The molecule has 3 fully saturated rings. The molecule has 24 heavy (non-hydrogen) atoms. The van der Waals surface area contributed by atoms with Gasteiger partial charge in [-0.15, -0.1) is 0 Å². The lowest BCUT2D eigenvalue weighted by atomic mass is 10.0. The highest BCUT2D eigenvalue weighted by Crippen LogP contribution is 2.41. The number of amides is 2. The van der Waals surface area contributed by atoms with Crippen molar-refractivity contribution in [1.29, 1.82) is 0 Å². The van der Waals surface area contributed by atoms with Crippen LogP contribution in [0.2, 0.25) is 0 Å². The molecule has 0 spiro atoms. The second kappa shape index (κ2) is 6.06. The average Bonchev–Trinajstić information content (AvgIpc) is 3.31. The Morgan fingerprint density at radius 3 is 2.25 bits per heavy atom. The number of urea groups is 1. The molecular weight excluding hydrogens is 328 g/mol. The summed E-state index contributed by atoms with van der Waals surface area (Å²) in [7, 11) is -2.95. The van der Waals surface area contributed by atoms with Crippen molar-refractivity contribution in [2.75, 3.05) is 37.7 Å². The van der Waals surface area contributed by atoms with E-state index in [2.05, 4.69) is 15.8 Å². The fraction of sp³-hybridized carbons (Fsp3) is 0.750. The summed E-state index contributed by atoms with van der Waals surface area (Å²) in [6, 6.07) is 2.50. The van der Waals surface area contributed by atoms with Crippen molar-refractivity contribution >= 4 is 15.9 Å². The number of carbonyl (C=O) groups excluding carboxylic acids is 1. The maximum absolute atomic E-state index is 12.6. The van der Waals surface area contributed by atoms with Crippen molar-refractivity contribution in [3.05, 3.63) is 18.0 Å². The molecule has 3 heterocycles. The van der Waals surface area contributed by atoms with Gasteiger partial charge in [-0.05, 0) is 31.7 Å². The maximum atomic E-state index is 12.6. The Kier molecular flexibility index (Phi) is 4.02. The Morgan fingerprint density at radius 1 is 1.00 bits per heavy atom. The highest BCUT2D eigenvalue weighted by atomic mass is 32.2. The number of sulfone groups is 1. The van der Waals surface area contributed by atoms with E-state index in [4.69, 9.17) is 0 Å². The predicted molar refractivity (Wildman–Crippen MR) is 89.7 cm³/mol. The maximum Gasteiger partial charge on any atom is 0.320 e. The van der Waals surface area contributed by atoms with Gasteiger partial charge in [-0.3, -0.25) is 4.68 Å². The molecule has 4 rings (SSSR count). The molecule has 2 aliphatic heterocycles. The van der Waals surface area contributed by atoms with E-state index in [-0.39, 0.29) is 17.5 Å². The zero-order valence-electron chi connectivity index (χ0n) is 13.8. The number of aromatic nitrogens is 2. The first-order chi connectivity index (χ1) is 11.5. The SMILES string of the molecule is O=C(N1CCC(n2nccc2C2CC2)CC1)N1CCS(=O)(=O)CC1. The molecule has 7 nitrogen and oxygen atoms in total. The summed E-state index contributed by atoms with van der Waals surface area (Å²) in [6.45, 7) is 2.09. The van der Waals surface area contributed by atoms with Crippen molar-refractivity contribution in [2.24, 2.45) is 0 Å². The second-order valence-corrected chi connectivity index (χ2v) is 9.42. The highest BCUT2D eigenvalue weighted by Gasteiger charge is 2.33. The van der Waals surface area contributed by atoms with E-state index >= 15 is 0 Å². The molecule has 0 atom stereocenters. The van der Waals surface area contributed by atoms with Crippen LogP contribution in [0.4, 0.5) is 4.79 Å². The number of hydrogen-bond acceptors (Lipinski definition) is 4. The standard InChI is InChI=1S/C16H24N4O3S/c21-16(19-9-11-24(22,23)12-10-19)18-7-4-14(5-8-18)20-15(3-6-17-20)13-1-2-13/h3,6,13-14H,1-2,4-5,7-12H2. The van der Waals surface area contributed by atoms with Gasteiger partial charge in [-0.25, -0.2) is 13.2 Å². The number of nitrogens with zero attached hydrogens (tertiary/aromatic N) is 4. The van der Waals surface area contributed by atoms with Gasteiger partial charge >= 0.3 is 6.03 Å². The molecule has 1 aromatic rings. The summed E-state index contributed by atoms with van der Waals surface area (Å²) < 4.78 is 25.2. The van der Waals surface area contributed by atoms with Gasteiger partial charge in [0.25, 0.3) is 0 Å². The van der Waals surface area contributed by atoms with E-state index in [0.717, 1.165) is 25.9 Å². The van der Waals surface area contributed by atoms with Crippen LogP contribution < -0.4 is 0 Å². The van der Waals surface area contributed by atoms with E-state index < -0.39 is 9.84 Å². The first-order valence-corrected chi connectivity index (χ1v) is 10.6. The topological polar surface area (TPSA) is 75.5 Å². The fourth-order valence-corrected chi connectivity index (χ4v) is 4.94. The average molecular weight is 352 g/mol. The molecule has 1 aliphatic carbocycles. The normalized spacial score (nSPS) is 25.0. The molecule has 0 aromatic carbocycles. The smallest absolute Gasteiger partial charge is 0.320 e. The van der Waals surface area contributed by atoms with Gasteiger partial charge in [0.15, 0.2) is 9.84 Å². The lowest BCUT2D eigenvalue weighted by Crippen LogP contribution is -2.51. The second-order valence-electron chi connectivity index (χ2n) is 7.11. The van der Waals surface area contributed by atoms with Crippen molar-refractivity contribution in [1.82, 2.24) is 19.6 Å². The quantitative estimate of drug-likeness (QED) is 0.803. The minimum atomic E-state index is -2.95. The minimum Gasteiger partial charge on any atom is -0.324 e. The van der Waals surface area contributed by atoms with Crippen LogP contribution in [0, 0.1) is 0 Å². The van der Waals surface area contributed by atoms with Crippen LogP contribution in [0.1, 0.15) is 43.3 Å². The molecule has 2 amide bonds. The summed E-state index contributed by atoms with van der Waals surface area (Å²) in [5.41, 5.74) is 1.35. The first-order valence-electron chi connectivity index (χ1n) is 8.81. The van der Waals surface area contributed by atoms with Gasteiger partial charge < -0.3 is 9.80 Å². The van der Waals surface area contributed by atoms with E-state index in [1.54, 1.807) is 4.90 Å². The number of rotatable bonds is 2. The number of carbonyl (C=O) groups is 1. The lowest BCUT2D eigenvalue weighted by Gasteiger charge is -2.37. The summed E-state index contributed by atoms with van der Waals surface area (Å²) in [6.07, 6.45) is 6.25. The van der Waals surface area contributed by atoms with Gasteiger partial charge in [0.05, 0.1) is 17.5 Å². The third-order valence-electron chi connectivity index (χ3n) is 5.39. The first kappa shape index (κ1) is 15.9. The van der Waals surface area contributed by atoms with Gasteiger partial charge in [-0.2, -0.15) is 5.10 Å². The van der Waals surface area contributed by atoms with Crippen molar-refractivity contribution in [2.45, 2.75) is 37.6 Å². The number of likely N-dealkylation sites (tertiary alicyclic amines) is 1. The summed E-state index contributed by atoms with van der Waals surface area (Å²) in [4.78, 5) is 16.1. The van der Waals surface area contributed by atoms with Crippen LogP contribution in [0.15, 0.2) is 12.3 Å². The number of piperidine rings is 1. The predicted octanol–water partition coefficient (Wildman–Crippen LogP) is 1.25. The van der Waals surface area contributed by atoms with Crippen molar-refractivity contribution < 1.29 is 13.2 Å². The lowest BCUT2D eigenvalue weighted by molar-refractivity contribution is 0.134. The summed E-state index contributed by atoms with van der Waals surface area (Å²) in [5, 5.41) is 4.51. The van der Waals surface area contributed by atoms with Crippen LogP contribution in [0.25, 0.3) is 0 Å².